The standard InChI is InChI=1S/C24H29N5O2.HI/c1-17-21(18(2)29(28-17)16-19-8-5-4-6-9-19)15-26-24(25-3)27-20-10-11-22-23(14-20)31-13-7-12-30-22;/h4-6,8-11,14H,7,12-13,15-16H2,1-3H3,(H2,25,26,27);1H. The average molecular weight is 547 g/mol. The number of ether oxygens (including phenoxy) is 2. The van der Waals surface area contributed by atoms with E-state index < -0.39 is 0 Å². The van der Waals surface area contributed by atoms with Crippen molar-refractivity contribution in [1.82, 2.24) is 15.1 Å². The Morgan fingerprint density at radius 2 is 1.81 bits per heavy atom. The number of aliphatic imine (C=N–C) groups is 1. The first kappa shape index (κ1) is 23.9. The topological polar surface area (TPSA) is 72.7 Å². The molecule has 32 heavy (non-hydrogen) atoms. The fourth-order valence-corrected chi connectivity index (χ4v) is 3.63. The van der Waals surface area contributed by atoms with Gasteiger partial charge >= 0.3 is 0 Å². The highest BCUT2D eigenvalue weighted by atomic mass is 127. The summed E-state index contributed by atoms with van der Waals surface area (Å²) >= 11 is 0. The molecule has 1 aliphatic rings. The summed E-state index contributed by atoms with van der Waals surface area (Å²) in [5.41, 5.74) is 5.48. The molecule has 0 fully saturated rings. The van der Waals surface area contributed by atoms with Crippen molar-refractivity contribution in [2.24, 2.45) is 4.99 Å². The lowest BCUT2D eigenvalue weighted by atomic mass is 10.2. The van der Waals surface area contributed by atoms with E-state index in [1.165, 1.54) is 11.1 Å². The zero-order valence-electron chi connectivity index (χ0n) is 18.7. The van der Waals surface area contributed by atoms with Gasteiger partial charge in [0.2, 0.25) is 0 Å². The fourth-order valence-electron chi connectivity index (χ4n) is 3.63. The Labute approximate surface area is 206 Å². The number of rotatable bonds is 5. The van der Waals surface area contributed by atoms with Crippen LogP contribution in [0.1, 0.15) is 28.9 Å². The second-order valence-electron chi connectivity index (χ2n) is 7.56. The summed E-state index contributed by atoms with van der Waals surface area (Å²) in [6.07, 6.45) is 0.886. The van der Waals surface area contributed by atoms with Crippen LogP contribution in [0.4, 0.5) is 5.69 Å². The average Bonchev–Trinajstić information content (AvgIpc) is 2.94. The Morgan fingerprint density at radius 3 is 2.56 bits per heavy atom. The highest BCUT2D eigenvalue weighted by Gasteiger charge is 2.14. The molecule has 2 aromatic carbocycles. The third kappa shape index (κ3) is 5.73. The van der Waals surface area contributed by atoms with Gasteiger partial charge in [-0.2, -0.15) is 5.10 Å². The van der Waals surface area contributed by atoms with Crippen LogP contribution in [0, 0.1) is 13.8 Å². The SMILES string of the molecule is CN=C(NCc1c(C)nn(Cc2ccccc2)c1C)Nc1ccc2c(c1)OCCCO2.I. The van der Waals surface area contributed by atoms with Crippen molar-refractivity contribution in [3.05, 3.63) is 71.0 Å². The second-order valence-corrected chi connectivity index (χ2v) is 7.56. The summed E-state index contributed by atoms with van der Waals surface area (Å²) in [7, 11) is 1.76. The van der Waals surface area contributed by atoms with Gasteiger partial charge in [-0.25, -0.2) is 0 Å². The van der Waals surface area contributed by atoms with E-state index in [-0.39, 0.29) is 24.0 Å². The number of nitrogens with one attached hydrogen (secondary N) is 2. The molecule has 170 valence electrons. The van der Waals surface area contributed by atoms with Gasteiger partial charge in [-0.1, -0.05) is 30.3 Å². The molecular weight excluding hydrogens is 517 g/mol. The molecule has 1 aromatic heterocycles. The first-order valence-electron chi connectivity index (χ1n) is 10.6. The predicted octanol–water partition coefficient (Wildman–Crippen LogP) is 4.52. The summed E-state index contributed by atoms with van der Waals surface area (Å²) < 4.78 is 13.5. The van der Waals surface area contributed by atoms with Gasteiger partial charge in [-0.15, -0.1) is 24.0 Å². The zero-order chi connectivity index (χ0) is 21.6. The smallest absolute Gasteiger partial charge is 0.195 e. The molecule has 1 aliphatic heterocycles. The minimum atomic E-state index is 0. The molecule has 0 saturated heterocycles. The van der Waals surface area contributed by atoms with E-state index in [0.29, 0.717) is 25.7 Å². The Hall–Kier alpha value is -2.75. The molecule has 0 bridgehead atoms. The summed E-state index contributed by atoms with van der Waals surface area (Å²) in [5.74, 6) is 2.22. The first-order chi connectivity index (χ1) is 15.1. The molecule has 0 saturated carbocycles. The number of benzene rings is 2. The molecule has 0 aliphatic carbocycles. The van der Waals surface area contributed by atoms with E-state index in [2.05, 4.69) is 51.5 Å². The number of aryl methyl sites for hydroxylation is 1. The number of hydrogen-bond acceptors (Lipinski definition) is 4. The lowest BCUT2D eigenvalue weighted by Crippen LogP contribution is -2.30. The van der Waals surface area contributed by atoms with E-state index in [1.807, 2.05) is 31.2 Å². The number of guanidine groups is 1. The molecule has 0 amide bonds. The van der Waals surface area contributed by atoms with Crippen LogP contribution in [0.2, 0.25) is 0 Å². The van der Waals surface area contributed by atoms with E-state index >= 15 is 0 Å². The maximum absolute atomic E-state index is 5.78. The van der Waals surface area contributed by atoms with Gasteiger partial charge in [0.15, 0.2) is 17.5 Å². The van der Waals surface area contributed by atoms with Crippen molar-refractivity contribution in [2.75, 3.05) is 25.6 Å². The Bertz CT molecular complexity index is 1070. The molecule has 0 spiro atoms. The number of aromatic nitrogens is 2. The maximum Gasteiger partial charge on any atom is 0.195 e. The fraction of sp³-hybridized carbons (Fsp3) is 0.333. The molecule has 3 aromatic rings. The maximum atomic E-state index is 5.78. The van der Waals surface area contributed by atoms with Crippen LogP contribution in [-0.2, 0) is 13.1 Å². The van der Waals surface area contributed by atoms with Crippen molar-refractivity contribution in [1.29, 1.82) is 0 Å². The second kappa shape index (κ2) is 11.2. The van der Waals surface area contributed by atoms with E-state index in [9.17, 15) is 0 Å². The summed E-state index contributed by atoms with van der Waals surface area (Å²) in [4.78, 5) is 4.36. The van der Waals surface area contributed by atoms with Crippen LogP contribution >= 0.6 is 24.0 Å². The van der Waals surface area contributed by atoms with Crippen molar-refractivity contribution >= 4 is 35.6 Å². The molecule has 0 radical (unpaired) electrons. The first-order valence-corrected chi connectivity index (χ1v) is 10.6. The van der Waals surface area contributed by atoms with E-state index in [4.69, 9.17) is 14.6 Å². The van der Waals surface area contributed by atoms with Crippen LogP contribution in [0.3, 0.4) is 0 Å². The largest absolute Gasteiger partial charge is 0.490 e. The summed E-state index contributed by atoms with van der Waals surface area (Å²) in [5, 5.41) is 11.5. The predicted molar refractivity (Wildman–Crippen MR) is 139 cm³/mol. The summed E-state index contributed by atoms with van der Waals surface area (Å²) in [6, 6.07) is 16.2. The minimum Gasteiger partial charge on any atom is -0.490 e. The number of hydrogen-bond donors (Lipinski definition) is 2. The molecule has 4 rings (SSSR count). The van der Waals surface area contributed by atoms with Crippen molar-refractivity contribution in [3.63, 3.8) is 0 Å². The van der Waals surface area contributed by atoms with Crippen LogP contribution in [0.15, 0.2) is 53.5 Å². The third-order valence-corrected chi connectivity index (χ3v) is 5.37. The van der Waals surface area contributed by atoms with Gasteiger partial charge in [-0.05, 0) is 31.5 Å². The normalized spacial score (nSPS) is 13.2. The number of halogens is 1. The molecule has 0 atom stereocenters. The lowest BCUT2D eigenvalue weighted by molar-refractivity contribution is 0.297. The van der Waals surface area contributed by atoms with Crippen LogP contribution < -0.4 is 20.1 Å². The van der Waals surface area contributed by atoms with E-state index in [0.717, 1.165) is 41.5 Å². The monoisotopic (exact) mass is 547 g/mol. The van der Waals surface area contributed by atoms with Crippen molar-refractivity contribution in [2.45, 2.75) is 33.4 Å². The molecule has 7 nitrogen and oxygen atoms in total. The van der Waals surface area contributed by atoms with Gasteiger partial charge in [0, 0.05) is 43.0 Å². The molecular formula is C24H30IN5O2. The summed E-state index contributed by atoms with van der Waals surface area (Å²) in [6.45, 7) is 6.90. The molecule has 8 heteroatoms. The molecule has 2 N–H and O–H groups in total. The van der Waals surface area contributed by atoms with E-state index in [1.54, 1.807) is 7.05 Å². The van der Waals surface area contributed by atoms with Gasteiger partial charge in [0.05, 0.1) is 25.5 Å². The zero-order valence-corrected chi connectivity index (χ0v) is 21.1. The quantitative estimate of drug-likeness (QED) is 0.280. The minimum absolute atomic E-state index is 0. The van der Waals surface area contributed by atoms with Gasteiger partial charge in [0.1, 0.15) is 0 Å². The van der Waals surface area contributed by atoms with Crippen LogP contribution in [0.5, 0.6) is 11.5 Å². The third-order valence-electron chi connectivity index (χ3n) is 5.37. The van der Waals surface area contributed by atoms with Crippen LogP contribution in [-0.4, -0.2) is 36.0 Å². The Balaban J connectivity index is 0.00000289. The number of anilines is 1. The number of fused-ring (bicyclic) bond motifs is 1. The Morgan fingerprint density at radius 1 is 1.06 bits per heavy atom. The highest BCUT2D eigenvalue weighted by molar-refractivity contribution is 14.0. The van der Waals surface area contributed by atoms with Crippen molar-refractivity contribution < 1.29 is 9.47 Å². The van der Waals surface area contributed by atoms with Gasteiger partial charge < -0.3 is 20.1 Å². The van der Waals surface area contributed by atoms with Crippen molar-refractivity contribution in [3.8, 4) is 11.5 Å². The lowest BCUT2D eigenvalue weighted by Gasteiger charge is -2.14. The molecule has 2 heterocycles. The number of nitrogens with zero attached hydrogens (tertiary/aromatic N) is 3. The van der Waals surface area contributed by atoms with Gasteiger partial charge in [0.25, 0.3) is 0 Å². The highest BCUT2D eigenvalue weighted by Crippen LogP contribution is 2.32. The molecule has 0 unspecified atom stereocenters. The van der Waals surface area contributed by atoms with Crippen LogP contribution in [0.25, 0.3) is 0 Å². The van der Waals surface area contributed by atoms with Gasteiger partial charge in [-0.3, -0.25) is 9.67 Å². The Kier molecular flexibility index (Phi) is 8.38.